The van der Waals surface area contributed by atoms with E-state index in [1.807, 2.05) is 60.7 Å². The standard InChI is InChI=1S/C18H25NO3.C16H22N2O2/c1-2-22-18(21)17(20)19(13-15-9-5-3-6-10-15)14-16-11-7-4-8-12-16;17-15(19)16(20)18(11-13-7-3-1-4-8-13)12-14-9-5-2-6-10-14/h3,5-6,9-10,16H,2,4,7-8,11-14H2,1H3;1,3-4,7-8,14H,2,5-6,9-12H2,(H2,17,19). The molecule has 0 radical (unpaired) electrons. The lowest BCUT2D eigenvalue weighted by Gasteiger charge is -2.29. The van der Waals surface area contributed by atoms with E-state index in [-0.39, 0.29) is 6.61 Å². The Labute approximate surface area is 250 Å². The molecule has 42 heavy (non-hydrogen) atoms. The normalized spacial score (nSPS) is 15.5. The van der Waals surface area contributed by atoms with Gasteiger partial charge in [-0.1, -0.05) is 99.2 Å². The van der Waals surface area contributed by atoms with Gasteiger partial charge in [-0.25, -0.2) is 4.79 Å². The van der Waals surface area contributed by atoms with E-state index in [0.29, 0.717) is 38.0 Å². The summed E-state index contributed by atoms with van der Waals surface area (Å²) in [5.74, 6) is -1.70. The van der Waals surface area contributed by atoms with Crippen molar-refractivity contribution in [3.63, 3.8) is 0 Å². The molecule has 2 aliphatic carbocycles. The average Bonchev–Trinajstić information content (AvgIpc) is 3.02. The number of carbonyl (C=O) groups is 4. The third-order valence-corrected chi connectivity index (χ3v) is 8.07. The van der Waals surface area contributed by atoms with E-state index in [0.717, 1.165) is 36.8 Å². The van der Waals surface area contributed by atoms with Gasteiger partial charge in [-0.05, 0) is 55.6 Å². The summed E-state index contributed by atoms with van der Waals surface area (Å²) in [4.78, 5) is 50.6. The fourth-order valence-corrected chi connectivity index (χ4v) is 5.89. The topological polar surface area (TPSA) is 110 Å². The van der Waals surface area contributed by atoms with E-state index >= 15 is 0 Å². The first-order chi connectivity index (χ1) is 20.4. The van der Waals surface area contributed by atoms with Crippen molar-refractivity contribution in [2.45, 2.75) is 84.2 Å². The second kappa shape index (κ2) is 18.0. The molecule has 8 nitrogen and oxygen atoms in total. The zero-order chi connectivity index (χ0) is 30.2. The molecule has 0 unspecified atom stereocenters. The summed E-state index contributed by atoms with van der Waals surface area (Å²) in [6, 6.07) is 19.5. The second-order valence-electron chi connectivity index (χ2n) is 11.4. The number of carbonyl (C=O) groups excluding carboxylic acids is 4. The molecule has 0 heterocycles. The fourth-order valence-electron chi connectivity index (χ4n) is 5.89. The molecule has 0 spiro atoms. The van der Waals surface area contributed by atoms with Gasteiger partial charge in [-0.2, -0.15) is 0 Å². The molecule has 0 aromatic heterocycles. The SMILES string of the molecule is CCOC(=O)C(=O)N(Cc1ccccc1)CC1CCCCC1.NC(=O)C(=O)N(Cc1ccccc1)CC1CCCCC1. The van der Waals surface area contributed by atoms with Crippen molar-refractivity contribution in [2.75, 3.05) is 19.7 Å². The number of nitrogens with two attached hydrogens (primary N) is 1. The highest BCUT2D eigenvalue weighted by Gasteiger charge is 2.27. The third kappa shape index (κ3) is 11.3. The van der Waals surface area contributed by atoms with Crippen molar-refractivity contribution in [1.82, 2.24) is 9.80 Å². The molecule has 228 valence electrons. The Kier molecular flexibility index (Phi) is 14.1. The zero-order valence-corrected chi connectivity index (χ0v) is 25.0. The fraction of sp³-hybridized carbons (Fsp3) is 0.529. The van der Waals surface area contributed by atoms with Crippen molar-refractivity contribution >= 4 is 23.7 Å². The molecular formula is C34H47N3O5. The first kappa shape index (κ1) is 32.8. The Morgan fingerprint density at radius 2 is 1.07 bits per heavy atom. The Morgan fingerprint density at radius 3 is 1.45 bits per heavy atom. The molecule has 0 bridgehead atoms. The number of primary amides is 1. The summed E-state index contributed by atoms with van der Waals surface area (Å²) in [5, 5.41) is 0. The molecule has 2 aliphatic rings. The maximum atomic E-state index is 12.4. The summed E-state index contributed by atoms with van der Waals surface area (Å²) in [6.07, 6.45) is 12.0. The first-order valence-corrected chi connectivity index (χ1v) is 15.5. The lowest BCUT2D eigenvalue weighted by molar-refractivity contribution is -0.160. The maximum absolute atomic E-state index is 12.4. The van der Waals surface area contributed by atoms with Gasteiger partial charge in [0, 0.05) is 26.2 Å². The highest BCUT2D eigenvalue weighted by Crippen LogP contribution is 2.26. The molecule has 2 saturated carbocycles. The molecular weight excluding hydrogens is 530 g/mol. The van der Waals surface area contributed by atoms with Crippen LogP contribution in [-0.2, 0) is 37.0 Å². The van der Waals surface area contributed by atoms with E-state index < -0.39 is 23.7 Å². The van der Waals surface area contributed by atoms with Crippen molar-refractivity contribution in [3.05, 3.63) is 71.8 Å². The highest BCUT2D eigenvalue weighted by molar-refractivity contribution is 6.34. The summed E-state index contributed by atoms with van der Waals surface area (Å²) in [6.45, 7) is 4.15. The Morgan fingerprint density at radius 1 is 0.667 bits per heavy atom. The second-order valence-corrected chi connectivity index (χ2v) is 11.4. The summed E-state index contributed by atoms with van der Waals surface area (Å²) in [7, 11) is 0. The van der Waals surface area contributed by atoms with Gasteiger partial charge in [-0.15, -0.1) is 0 Å². The van der Waals surface area contributed by atoms with Gasteiger partial charge < -0.3 is 20.3 Å². The monoisotopic (exact) mass is 577 g/mol. The van der Waals surface area contributed by atoms with Crippen molar-refractivity contribution in [2.24, 2.45) is 17.6 Å². The van der Waals surface area contributed by atoms with Crippen LogP contribution in [0.25, 0.3) is 0 Å². The largest absolute Gasteiger partial charge is 0.459 e. The molecule has 4 rings (SSSR count). The first-order valence-electron chi connectivity index (χ1n) is 15.5. The van der Waals surface area contributed by atoms with Crippen LogP contribution in [0.15, 0.2) is 60.7 Å². The number of ether oxygens (including phenoxy) is 1. The lowest BCUT2D eigenvalue weighted by Crippen LogP contribution is -2.42. The highest BCUT2D eigenvalue weighted by atomic mass is 16.5. The number of amides is 3. The van der Waals surface area contributed by atoms with Crippen LogP contribution in [0.1, 0.15) is 82.3 Å². The number of nitrogens with zero attached hydrogens (tertiary/aromatic N) is 2. The average molecular weight is 578 g/mol. The van der Waals surface area contributed by atoms with Crippen LogP contribution in [0.3, 0.4) is 0 Å². The molecule has 2 aromatic rings. The number of hydrogen-bond acceptors (Lipinski definition) is 5. The number of benzene rings is 2. The van der Waals surface area contributed by atoms with Gasteiger partial charge >= 0.3 is 23.7 Å². The molecule has 2 N–H and O–H groups in total. The molecule has 8 heteroatoms. The smallest absolute Gasteiger partial charge is 0.397 e. The van der Waals surface area contributed by atoms with Crippen LogP contribution in [0.2, 0.25) is 0 Å². The van der Waals surface area contributed by atoms with E-state index in [4.69, 9.17) is 10.5 Å². The van der Waals surface area contributed by atoms with Gasteiger partial charge in [-0.3, -0.25) is 14.4 Å². The predicted octanol–water partition coefficient (Wildman–Crippen LogP) is 5.24. The maximum Gasteiger partial charge on any atom is 0.397 e. The summed E-state index contributed by atoms with van der Waals surface area (Å²) < 4.78 is 4.88. The molecule has 0 aliphatic heterocycles. The van der Waals surface area contributed by atoms with Crippen molar-refractivity contribution in [3.8, 4) is 0 Å². The Balaban J connectivity index is 0.000000231. The van der Waals surface area contributed by atoms with Crippen LogP contribution in [0.5, 0.6) is 0 Å². The summed E-state index contributed by atoms with van der Waals surface area (Å²) in [5.41, 5.74) is 7.23. The predicted molar refractivity (Wildman–Crippen MR) is 163 cm³/mol. The minimum absolute atomic E-state index is 0.229. The van der Waals surface area contributed by atoms with Gasteiger partial charge in [0.25, 0.3) is 0 Å². The van der Waals surface area contributed by atoms with E-state index in [1.54, 1.807) is 16.7 Å². The van der Waals surface area contributed by atoms with Crippen LogP contribution < -0.4 is 5.73 Å². The van der Waals surface area contributed by atoms with Crippen molar-refractivity contribution in [1.29, 1.82) is 0 Å². The number of rotatable bonds is 9. The van der Waals surface area contributed by atoms with E-state index in [9.17, 15) is 19.2 Å². The molecule has 0 saturated heterocycles. The van der Waals surface area contributed by atoms with Crippen LogP contribution in [0.4, 0.5) is 0 Å². The van der Waals surface area contributed by atoms with Crippen LogP contribution in [0, 0.1) is 11.8 Å². The summed E-state index contributed by atoms with van der Waals surface area (Å²) >= 11 is 0. The Bertz CT molecular complexity index is 1110. The minimum Gasteiger partial charge on any atom is -0.459 e. The molecule has 2 fully saturated rings. The molecule has 3 amide bonds. The van der Waals surface area contributed by atoms with Gasteiger partial charge in [0.1, 0.15) is 0 Å². The molecule has 2 aromatic carbocycles. The quantitative estimate of drug-likeness (QED) is 0.324. The van der Waals surface area contributed by atoms with Crippen molar-refractivity contribution < 1.29 is 23.9 Å². The minimum atomic E-state index is -0.864. The lowest BCUT2D eigenvalue weighted by atomic mass is 9.89. The zero-order valence-electron chi connectivity index (χ0n) is 25.0. The molecule has 0 atom stereocenters. The van der Waals surface area contributed by atoms with Crippen LogP contribution in [-0.4, -0.2) is 53.2 Å². The van der Waals surface area contributed by atoms with Gasteiger partial charge in [0.05, 0.1) is 6.61 Å². The van der Waals surface area contributed by atoms with E-state index in [2.05, 4.69) is 0 Å². The van der Waals surface area contributed by atoms with Gasteiger partial charge in [0.2, 0.25) is 0 Å². The van der Waals surface area contributed by atoms with Gasteiger partial charge in [0.15, 0.2) is 0 Å². The Hall–Kier alpha value is -3.68. The number of esters is 1. The number of hydrogen-bond donors (Lipinski definition) is 1. The van der Waals surface area contributed by atoms with Crippen LogP contribution >= 0.6 is 0 Å². The third-order valence-electron chi connectivity index (χ3n) is 8.07. The van der Waals surface area contributed by atoms with E-state index in [1.165, 1.54) is 38.5 Å².